The maximum atomic E-state index is 12.8. The molecule has 0 saturated heterocycles. The minimum Gasteiger partial charge on any atom is -0.480 e. The standard InChI is InChI=1S/C20H27N5O6S/c1-10(26)17(20(30)31)25-19(29)15(24-16(27)8-23-18(28)13(21)9-32)6-11-7-22-14-5-3-2-4-12(11)14/h2-5,7,10,13,15,17,22,26,32H,6,8-9,21H2,1H3,(H,23,28)(H,24,27)(H,25,29)(H,30,31). The Morgan fingerprint density at radius 2 is 1.84 bits per heavy atom. The van der Waals surface area contributed by atoms with E-state index in [4.69, 9.17) is 5.73 Å². The van der Waals surface area contributed by atoms with E-state index in [0.29, 0.717) is 5.56 Å². The molecule has 0 bridgehead atoms. The molecule has 0 fully saturated rings. The van der Waals surface area contributed by atoms with E-state index in [9.17, 15) is 29.4 Å². The summed E-state index contributed by atoms with van der Waals surface area (Å²) in [6, 6.07) is 3.73. The molecular weight excluding hydrogens is 438 g/mol. The van der Waals surface area contributed by atoms with E-state index in [2.05, 4.69) is 33.6 Å². The summed E-state index contributed by atoms with van der Waals surface area (Å²) < 4.78 is 0. The quantitative estimate of drug-likeness (QED) is 0.186. The van der Waals surface area contributed by atoms with Crippen molar-refractivity contribution < 1.29 is 29.4 Å². The van der Waals surface area contributed by atoms with Crippen molar-refractivity contribution in [1.29, 1.82) is 0 Å². The number of carbonyl (C=O) groups excluding carboxylic acids is 3. The second-order valence-corrected chi connectivity index (χ2v) is 7.62. The van der Waals surface area contributed by atoms with Crippen LogP contribution in [0.3, 0.4) is 0 Å². The number of amides is 3. The van der Waals surface area contributed by atoms with Gasteiger partial charge in [0.1, 0.15) is 6.04 Å². The minimum absolute atomic E-state index is 0.0395. The predicted octanol–water partition coefficient (Wildman–Crippen LogP) is -1.48. The van der Waals surface area contributed by atoms with Crippen LogP contribution in [-0.2, 0) is 25.6 Å². The van der Waals surface area contributed by atoms with Crippen molar-refractivity contribution in [2.75, 3.05) is 12.3 Å². The van der Waals surface area contributed by atoms with E-state index in [0.717, 1.165) is 10.9 Å². The van der Waals surface area contributed by atoms with E-state index in [1.807, 2.05) is 24.3 Å². The average molecular weight is 466 g/mol. The third-order valence-electron chi connectivity index (χ3n) is 4.75. The highest BCUT2D eigenvalue weighted by Crippen LogP contribution is 2.19. The van der Waals surface area contributed by atoms with Crippen LogP contribution in [0.15, 0.2) is 30.5 Å². The van der Waals surface area contributed by atoms with Crippen LogP contribution in [0.5, 0.6) is 0 Å². The van der Waals surface area contributed by atoms with Crippen molar-refractivity contribution in [2.45, 2.75) is 37.6 Å². The molecule has 1 aromatic heterocycles. The molecule has 3 amide bonds. The summed E-state index contributed by atoms with van der Waals surface area (Å²) >= 11 is 3.91. The Morgan fingerprint density at radius 3 is 2.47 bits per heavy atom. The van der Waals surface area contributed by atoms with Gasteiger partial charge in [-0.15, -0.1) is 0 Å². The maximum Gasteiger partial charge on any atom is 0.328 e. The molecule has 2 aromatic rings. The van der Waals surface area contributed by atoms with Crippen LogP contribution in [0.1, 0.15) is 12.5 Å². The summed E-state index contributed by atoms with van der Waals surface area (Å²) in [6.07, 6.45) is 0.370. The van der Waals surface area contributed by atoms with Gasteiger partial charge in [-0.3, -0.25) is 14.4 Å². The Bertz CT molecular complexity index is 978. The Kier molecular flexibility index (Phi) is 9.05. The number of benzene rings is 1. The van der Waals surface area contributed by atoms with Crippen molar-refractivity contribution >= 4 is 47.2 Å². The van der Waals surface area contributed by atoms with Gasteiger partial charge in [0.2, 0.25) is 17.7 Å². The summed E-state index contributed by atoms with van der Waals surface area (Å²) in [6.45, 7) is 0.795. The van der Waals surface area contributed by atoms with E-state index < -0.39 is 54.5 Å². The van der Waals surface area contributed by atoms with Crippen molar-refractivity contribution in [3.8, 4) is 0 Å². The van der Waals surface area contributed by atoms with E-state index >= 15 is 0 Å². The number of fused-ring (bicyclic) bond motifs is 1. The van der Waals surface area contributed by atoms with Gasteiger partial charge in [-0.05, 0) is 18.6 Å². The summed E-state index contributed by atoms with van der Waals surface area (Å²) in [5.41, 5.74) is 7.08. The summed E-state index contributed by atoms with van der Waals surface area (Å²) in [4.78, 5) is 51.4. The van der Waals surface area contributed by atoms with Gasteiger partial charge >= 0.3 is 5.97 Å². The lowest BCUT2D eigenvalue weighted by Gasteiger charge is -2.23. The van der Waals surface area contributed by atoms with Crippen LogP contribution in [-0.4, -0.2) is 75.4 Å². The van der Waals surface area contributed by atoms with E-state index in [-0.39, 0.29) is 12.2 Å². The molecular formula is C20H27N5O6S. The number of aliphatic carboxylic acids is 1. The minimum atomic E-state index is -1.56. The zero-order valence-electron chi connectivity index (χ0n) is 17.4. The molecule has 0 radical (unpaired) electrons. The summed E-state index contributed by atoms with van der Waals surface area (Å²) in [5.74, 6) is -3.37. The second kappa shape index (κ2) is 11.5. The predicted molar refractivity (Wildman–Crippen MR) is 120 cm³/mol. The van der Waals surface area contributed by atoms with Crippen molar-refractivity contribution in [3.05, 3.63) is 36.0 Å². The first-order valence-electron chi connectivity index (χ1n) is 9.83. The number of carbonyl (C=O) groups is 4. The van der Waals surface area contributed by atoms with Gasteiger partial charge in [-0.2, -0.15) is 12.6 Å². The van der Waals surface area contributed by atoms with Gasteiger partial charge in [0.25, 0.3) is 0 Å². The number of hydrogen-bond acceptors (Lipinski definition) is 7. The summed E-state index contributed by atoms with van der Waals surface area (Å²) in [7, 11) is 0. The molecule has 1 heterocycles. The number of para-hydroxylation sites is 1. The fourth-order valence-electron chi connectivity index (χ4n) is 3.00. The number of nitrogens with one attached hydrogen (secondary N) is 4. The molecule has 4 atom stereocenters. The molecule has 11 nitrogen and oxygen atoms in total. The zero-order valence-corrected chi connectivity index (χ0v) is 18.3. The Morgan fingerprint density at radius 1 is 1.16 bits per heavy atom. The number of hydrogen-bond donors (Lipinski definition) is 8. The lowest BCUT2D eigenvalue weighted by atomic mass is 10.0. The first-order valence-corrected chi connectivity index (χ1v) is 10.5. The van der Waals surface area contributed by atoms with Crippen LogP contribution in [0.25, 0.3) is 10.9 Å². The molecule has 1 aromatic carbocycles. The molecule has 4 unspecified atom stereocenters. The molecule has 2 rings (SSSR count). The average Bonchev–Trinajstić information content (AvgIpc) is 3.16. The second-order valence-electron chi connectivity index (χ2n) is 7.26. The lowest BCUT2D eigenvalue weighted by Crippen LogP contribution is -2.56. The number of aliphatic hydroxyl groups excluding tert-OH is 1. The molecule has 0 aliphatic rings. The zero-order chi connectivity index (χ0) is 23.8. The monoisotopic (exact) mass is 465 g/mol. The van der Waals surface area contributed by atoms with Gasteiger partial charge in [0.15, 0.2) is 6.04 Å². The van der Waals surface area contributed by atoms with Gasteiger partial charge in [-0.1, -0.05) is 18.2 Å². The normalized spacial score (nSPS) is 14.8. The molecule has 174 valence electrons. The molecule has 32 heavy (non-hydrogen) atoms. The number of aromatic nitrogens is 1. The Labute approximate surface area is 189 Å². The largest absolute Gasteiger partial charge is 0.480 e. The molecule has 0 aliphatic heterocycles. The SMILES string of the molecule is CC(O)C(NC(=O)C(Cc1c[nH]c2ccccc12)NC(=O)CNC(=O)C(N)CS)C(=O)O. The third-order valence-corrected chi connectivity index (χ3v) is 5.15. The van der Waals surface area contributed by atoms with Crippen molar-refractivity contribution in [3.63, 3.8) is 0 Å². The van der Waals surface area contributed by atoms with Crippen LogP contribution < -0.4 is 21.7 Å². The number of H-pyrrole nitrogens is 1. The highest BCUT2D eigenvalue weighted by atomic mass is 32.1. The van der Waals surface area contributed by atoms with Crippen LogP contribution in [0.2, 0.25) is 0 Å². The topological polar surface area (TPSA) is 187 Å². The fourth-order valence-corrected chi connectivity index (χ4v) is 3.16. The van der Waals surface area contributed by atoms with Crippen LogP contribution in [0.4, 0.5) is 0 Å². The number of thiol groups is 1. The third kappa shape index (κ3) is 6.70. The fraction of sp³-hybridized carbons (Fsp3) is 0.400. The van der Waals surface area contributed by atoms with Gasteiger partial charge in [-0.25, -0.2) is 4.79 Å². The van der Waals surface area contributed by atoms with Gasteiger partial charge in [0.05, 0.1) is 18.7 Å². The molecule has 0 aliphatic carbocycles. The number of carboxylic acid groups (broad SMARTS) is 1. The molecule has 12 heteroatoms. The number of carboxylic acids is 1. The molecule has 0 spiro atoms. The number of aromatic amines is 1. The van der Waals surface area contributed by atoms with Crippen LogP contribution in [0, 0.1) is 0 Å². The number of rotatable bonds is 11. The highest BCUT2D eigenvalue weighted by molar-refractivity contribution is 7.80. The highest BCUT2D eigenvalue weighted by Gasteiger charge is 2.30. The van der Waals surface area contributed by atoms with Crippen molar-refractivity contribution in [1.82, 2.24) is 20.9 Å². The molecule has 8 N–H and O–H groups in total. The smallest absolute Gasteiger partial charge is 0.328 e. The number of nitrogens with two attached hydrogens (primary N) is 1. The van der Waals surface area contributed by atoms with Crippen LogP contribution >= 0.6 is 12.6 Å². The lowest BCUT2D eigenvalue weighted by molar-refractivity contribution is -0.145. The van der Waals surface area contributed by atoms with Gasteiger partial charge in [0, 0.05) is 29.3 Å². The summed E-state index contributed by atoms with van der Waals surface area (Å²) in [5, 5.41) is 26.8. The van der Waals surface area contributed by atoms with Gasteiger partial charge < -0.3 is 36.9 Å². The van der Waals surface area contributed by atoms with Crippen molar-refractivity contribution in [2.24, 2.45) is 5.73 Å². The number of aliphatic hydroxyl groups is 1. The Hall–Kier alpha value is -3.09. The van der Waals surface area contributed by atoms with E-state index in [1.165, 1.54) is 6.92 Å². The Balaban J connectivity index is 2.18. The van der Waals surface area contributed by atoms with E-state index in [1.54, 1.807) is 6.20 Å². The molecule has 0 saturated carbocycles. The first kappa shape index (κ1) is 25.2. The maximum absolute atomic E-state index is 12.8. The first-order chi connectivity index (χ1) is 15.1.